The van der Waals surface area contributed by atoms with Gasteiger partial charge in [-0.2, -0.15) is 13.2 Å². The van der Waals surface area contributed by atoms with Gasteiger partial charge in [-0.15, -0.1) is 0 Å². The van der Waals surface area contributed by atoms with Gasteiger partial charge in [0.15, 0.2) is 0 Å². The van der Waals surface area contributed by atoms with Crippen LogP contribution in [0.3, 0.4) is 0 Å². The quantitative estimate of drug-likeness (QED) is 0.687. The van der Waals surface area contributed by atoms with E-state index in [0.29, 0.717) is 11.8 Å². The minimum absolute atomic E-state index is 0.108. The van der Waals surface area contributed by atoms with Crippen molar-refractivity contribution >= 4 is 17.8 Å². The molecule has 3 saturated heterocycles. The highest BCUT2D eigenvalue weighted by Crippen LogP contribution is 2.44. The molecule has 34 heavy (non-hydrogen) atoms. The summed E-state index contributed by atoms with van der Waals surface area (Å²) in [6.45, 7) is 8.97. The number of benzene rings is 1. The largest absolute Gasteiger partial charge is 0.490 e. The number of nitrogens with one attached hydrogen (secondary N) is 1. The van der Waals surface area contributed by atoms with Gasteiger partial charge in [-0.05, 0) is 30.9 Å². The molecule has 4 rings (SSSR count). The molecular weight excluding hydrogens is 451 g/mol. The molecule has 3 fully saturated rings. The standard InChI is InChI=1S/C22H31N3O2.C2HF3O2/c1-3-16(2)13-24-14-18-19(15-24)22(23-20(18)26)9-11-25(12-10-22)21(27)17-7-5-4-6-8-17;3-2(4,5)1(6)7/h4-8,16,18-19H,3,9-15H2,1-2H3,(H,23,26);(H,6,7)/t16?,18-,19+;/m1./s1. The molecule has 10 heteroatoms. The van der Waals surface area contributed by atoms with E-state index < -0.39 is 12.1 Å². The lowest BCUT2D eigenvalue weighted by atomic mass is 9.75. The number of hydrogen-bond acceptors (Lipinski definition) is 4. The number of piperidine rings is 1. The van der Waals surface area contributed by atoms with Gasteiger partial charge in [0, 0.05) is 49.7 Å². The number of hydrogen-bond donors (Lipinski definition) is 2. The van der Waals surface area contributed by atoms with Crippen molar-refractivity contribution in [3.63, 3.8) is 0 Å². The Labute approximate surface area is 197 Å². The van der Waals surface area contributed by atoms with Crippen LogP contribution in [-0.2, 0) is 9.59 Å². The molecule has 1 spiro atoms. The number of aliphatic carboxylic acids is 1. The van der Waals surface area contributed by atoms with Crippen LogP contribution in [0.4, 0.5) is 13.2 Å². The zero-order valence-corrected chi connectivity index (χ0v) is 19.5. The van der Waals surface area contributed by atoms with Crippen LogP contribution in [0.15, 0.2) is 30.3 Å². The molecule has 0 bridgehead atoms. The average molecular weight is 484 g/mol. The maximum absolute atomic E-state index is 12.7. The monoisotopic (exact) mass is 483 g/mol. The highest BCUT2D eigenvalue weighted by molar-refractivity contribution is 5.94. The van der Waals surface area contributed by atoms with Crippen LogP contribution >= 0.6 is 0 Å². The first-order valence-corrected chi connectivity index (χ1v) is 11.7. The predicted octanol–water partition coefficient (Wildman–Crippen LogP) is 3.02. The molecule has 3 aliphatic rings. The molecule has 3 aliphatic heterocycles. The van der Waals surface area contributed by atoms with Crippen molar-refractivity contribution in [2.75, 3.05) is 32.7 Å². The maximum Gasteiger partial charge on any atom is 0.490 e. The Morgan fingerprint density at radius 2 is 1.76 bits per heavy atom. The average Bonchev–Trinajstić information content (AvgIpc) is 3.33. The van der Waals surface area contributed by atoms with Crippen molar-refractivity contribution in [2.45, 2.75) is 44.8 Å². The molecule has 1 unspecified atom stereocenters. The zero-order valence-electron chi connectivity index (χ0n) is 19.5. The first-order valence-electron chi connectivity index (χ1n) is 11.7. The third kappa shape index (κ3) is 5.71. The van der Waals surface area contributed by atoms with E-state index in [1.54, 1.807) is 0 Å². The number of alkyl halides is 3. The second-order valence-electron chi connectivity index (χ2n) is 9.55. The molecule has 3 atom stereocenters. The molecule has 0 radical (unpaired) electrons. The number of nitrogens with zero attached hydrogens (tertiary/aromatic N) is 2. The number of carboxylic acids is 1. The van der Waals surface area contributed by atoms with Crippen LogP contribution in [0.5, 0.6) is 0 Å². The van der Waals surface area contributed by atoms with Gasteiger partial charge >= 0.3 is 12.1 Å². The van der Waals surface area contributed by atoms with Gasteiger partial charge in [-0.1, -0.05) is 38.5 Å². The number of carbonyl (C=O) groups is 3. The van der Waals surface area contributed by atoms with Crippen molar-refractivity contribution in [1.29, 1.82) is 0 Å². The Kier molecular flexibility index (Phi) is 7.90. The normalized spacial score (nSPS) is 24.7. The van der Waals surface area contributed by atoms with Crippen LogP contribution in [0.25, 0.3) is 0 Å². The summed E-state index contributed by atoms with van der Waals surface area (Å²) in [6, 6.07) is 9.50. The first-order chi connectivity index (χ1) is 16.0. The fraction of sp³-hybridized carbons (Fsp3) is 0.625. The Hall–Kier alpha value is -2.62. The third-order valence-electron chi connectivity index (χ3n) is 7.29. The van der Waals surface area contributed by atoms with E-state index in [0.717, 1.165) is 51.1 Å². The van der Waals surface area contributed by atoms with Gasteiger partial charge in [0.1, 0.15) is 0 Å². The minimum atomic E-state index is -5.08. The third-order valence-corrected chi connectivity index (χ3v) is 7.29. The molecule has 0 saturated carbocycles. The number of carboxylic acid groups (broad SMARTS) is 1. The number of carbonyl (C=O) groups excluding carboxylic acids is 2. The number of halogens is 3. The molecule has 7 nitrogen and oxygen atoms in total. The lowest BCUT2D eigenvalue weighted by molar-refractivity contribution is -0.192. The summed E-state index contributed by atoms with van der Waals surface area (Å²) >= 11 is 0. The lowest BCUT2D eigenvalue weighted by Gasteiger charge is -2.43. The van der Waals surface area contributed by atoms with Crippen LogP contribution < -0.4 is 5.32 Å². The maximum atomic E-state index is 12.7. The second kappa shape index (κ2) is 10.3. The van der Waals surface area contributed by atoms with E-state index in [-0.39, 0.29) is 23.3 Å². The summed E-state index contributed by atoms with van der Waals surface area (Å²) in [5.41, 5.74) is 0.641. The Morgan fingerprint density at radius 1 is 1.18 bits per heavy atom. The van der Waals surface area contributed by atoms with Crippen LogP contribution in [0.1, 0.15) is 43.5 Å². The number of amides is 2. The molecule has 0 aromatic heterocycles. The van der Waals surface area contributed by atoms with E-state index in [4.69, 9.17) is 9.90 Å². The van der Waals surface area contributed by atoms with Crippen molar-refractivity contribution in [3.05, 3.63) is 35.9 Å². The van der Waals surface area contributed by atoms with Gasteiger partial charge in [0.25, 0.3) is 5.91 Å². The summed E-state index contributed by atoms with van der Waals surface area (Å²) in [5, 5.41) is 10.5. The zero-order chi connectivity index (χ0) is 25.1. The predicted molar refractivity (Wildman–Crippen MR) is 119 cm³/mol. The van der Waals surface area contributed by atoms with Crippen molar-refractivity contribution in [1.82, 2.24) is 15.1 Å². The summed E-state index contributed by atoms with van der Waals surface area (Å²) < 4.78 is 31.7. The number of rotatable bonds is 4. The summed E-state index contributed by atoms with van der Waals surface area (Å²) in [4.78, 5) is 38.7. The second-order valence-corrected chi connectivity index (χ2v) is 9.55. The fourth-order valence-corrected chi connectivity index (χ4v) is 5.23. The van der Waals surface area contributed by atoms with Crippen molar-refractivity contribution in [2.24, 2.45) is 17.8 Å². The molecular formula is C24H32F3N3O4. The molecule has 3 heterocycles. The molecule has 1 aromatic rings. The topological polar surface area (TPSA) is 90.0 Å². The fourth-order valence-electron chi connectivity index (χ4n) is 5.23. The van der Waals surface area contributed by atoms with Crippen LogP contribution in [-0.4, -0.2) is 77.1 Å². The van der Waals surface area contributed by atoms with E-state index in [2.05, 4.69) is 24.1 Å². The van der Waals surface area contributed by atoms with Gasteiger partial charge < -0.3 is 20.2 Å². The van der Waals surface area contributed by atoms with Crippen LogP contribution in [0.2, 0.25) is 0 Å². The van der Waals surface area contributed by atoms with Gasteiger partial charge in [-0.3, -0.25) is 9.59 Å². The molecule has 2 amide bonds. The summed E-state index contributed by atoms with van der Waals surface area (Å²) in [5.74, 6) is -1.22. The Balaban J connectivity index is 0.000000406. The molecule has 188 valence electrons. The smallest absolute Gasteiger partial charge is 0.475 e. The van der Waals surface area contributed by atoms with Crippen LogP contribution in [0, 0.1) is 17.8 Å². The minimum Gasteiger partial charge on any atom is -0.475 e. The van der Waals surface area contributed by atoms with E-state index in [9.17, 15) is 22.8 Å². The Bertz CT molecular complexity index is 885. The van der Waals surface area contributed by atoms with Gasteiger partial charge in [0.05, 0.1) is 5.92 Å². The lowest BCUT2D eigenvalue weighted by Crippen LogP contribution is -2.56. The molecule has 2 N–H and O–H groups in total. The van der Waals surface area contributed by atoms with Crippen molar-refractivity contribution in [3.8, 4) is 0 Å². The van der Waals surface area contributed by atoms with E-state index in [1.807, 2.05) is 35.2 Å². The highest BCUT2D eigenvalue weighted by Gasteiger charge is 2.57. The van der Waals surface area contributed by atoms with Gasteiger partial charge in [-0.25, -0.2) is 4.79 Å². The number of likely N-dealkylation sites (tertiary alicyclic amines) is 2. The van der Waals surface area contributed by atoms with E-state index >= 15 is 0 Å². The molecule has 1 aromatic carbocycles. The molecule has 0 aliphatic carbocycles. The van der Waals surface area contributed by atoms with Crippen molar-refractivity contribution < 1.29 is 32.7 Å². The number of fused-ring (bicyclic) bond motifs is 2. The van der Waals surface area contributed by atoms with E-state index in [1.165, 1.54) is 6.42 Å². The van der Waals surface area contributed by atoms with Gasteiger partial charge in [0.2, 0.25) is 5.91 Å². The Morgan fingerprint density at radius 3 is 2.29 bits per heavy atom. The summed E-state index contributed by atoms with van der Waals surface area (Å²) in [6.07, 6.45) is -2.16. The first kappa shape index (κ1) is 26.0. The SMILES string of the molecule is CCC(C)CN1C[C@H]2C(=O)NC3(CCN(C(=O)c4ccccc4)CC3)[C@H]2C1.O=C(O)C(F)(F)F. The highest BCUT2D eigenvalue weighted by atomic mass is 19.4. The summed E-state index contributed by atoms with van der Waals surface area (Å²) in [7, 11) is 0.